The summed E-state index contributed by atoms with van der Waals surface area (Å²) in [5, 5.41) is 0. The van der Waals surface area contributed by atoms with E-state index in [0.29, 0.717) is 49.4 Å². The first-order valence-electron chi connectivity index (χ1n) is 11.6. The molecular formula is C27H32O6. The molecule has 0 aliphatic heterocycles. The third-order valence-electron chi connectivity index (χ3n) is 5.48. The molecule has 0 aromatic heterocycles. The Hall–Kier alpha value is -3.12. The minimum absolute atomic E-state index is 0.341. The molecule has 0 amide bonds. The number of benzene rings is 2. The van der Waals surface area contributed by atoms with Gasteiger partial charge in [0.1, 0.15) is 11.5 Å². The van der Waals surface area contributed by atoms with E-state index in [1.807, 2.05) is 12.1 Å². The fourth-order valence-corrected chi connectivity index (χ4v) is 3.58. The Balaban J connectivity index is 1.37. The van der Waals surface area contributed by atoms with Crippen LogP contribution in [-0.2, 0) is 20.9 Å². The van der Waals surface area contributed by atoms with E-state index in [1.165, 1.54) is 19.3 Å². The van der Waals surface area contributed by atoms with E-state index in [9.17, 15) is 9.59 Å². The lowest BCUT2D eigenvalue weighted by atomic mass is 9.98. The Kier molecular flexibility index (Phi) is 9.98. The maximum Gasteiger partial charge on any atom is 0.343 e. The van der Waals surface area contributed by atoms with Crippen LogP contribution in [0, 0.1) is 0 Å². The van der Waals surface area contributed by atoms with Gasteiger partial charge in [0.25, 0.3) is 0 Å². The topological polar surface area (TPSA) is 71.1 Å². The average molecular weight is 453 g/mol. The van der Waals surface area contributed by atoms with Crippen molar-refractivity contribution in [2.24, 2.45) is 0 Å². The zero-order chi connectivity index (χ0) is 23.3. The summed E-state index contributed by atoms with van der Waals surface area (Å²) in [7, 11) is 0. The van der Waals surface area contributed by atoms with Crippen LogP contribution < -0.4 is 9.47 Å². The highest BCUT2D eigenvalue weighted by Crippen LogP contribution is 2.22. The van der Waals surface area contributed by atoms with Gasteiger partial charge < -0.3 is 18.9 Å². The number of carbonyl (C=O) groups excluding carboxylic acids is 2. The lowest BCUT2D eigenvalue weighted by molar-refractivity contribution is -0.137. The maximum atomic E-state index is 12.4. The summed E-state index contributed by atoms with van der Waals surface area (Å²) in [6, 6.07) is 14.3. The molecule has 2 aromatic rings. The lowest BCUT2D eigenvalue weighted by Gasteiger charge is -2.22. The Morgan fingerprint density at radius 2 is 1.55 bits per heavy atom. The van der Waals surface area contributed by atoms with Crippen LogP contribution in [0.2, 0.25) is 0 Å². The van der Waals surface area contributed by atoms with E-state index in [4.69, 9.17) is 18.9 Å². The van der Waals surface area contributed by atoms with Crippen molar-refractivity contribution >= 4 is 11.9 Å². The van der Waals surface area contributed by atoms with Crippen molar-refractivity contribution in [3.05, 3.63) is 72.3 Å². The van der Waals surface area contributed by atoms with Crippen LogP contribution in [0.4, 0.5) is 0 Å². The van der Waals surface area contributed by atoms with E-state index in [2.05, 4.69) is 6.58 Å². The van der Waals surface area contributed by atoms with Gasteiger partial charge in [-0.1, -0.05) is 38.0 Å². The number of carbonyl (C=O) groups is 2. The zero-order valence-electron chi connectivity index (χ0n) is 19.0. The fourth-order valence-electron chi connectivity index (χ4n) is 3.58. The molecule has 0 spiro atoms. The monoisotopic (exact) mass is 452 g/mol. The summed E-state index contributed by atoms with van der Waals surface area (Å²) in [6.45, 7) is 4.76. The summed E-state index contributed by atoms with van der Waals surface area (Å²) in [5.74, 6) is 0.325. The fraction of sp³-hybridized carbons (Fsp3) is 0.407. The number of hydrogen-bond donors (Lipinski definition) is 0. The van der Waals surface area contributed by atoms with Gasteiger partial charge in [0.15, 0.2) is 0 Å². The molecule has 1 aliphatic rings. The summed E-state index contributed by atoms with van der Waals surface area (Å²) < 4.78 is 22.0. The molecule has 0 N–H and O–H groups in total. The third-order valence-corrected chi connectivity index (χ3v) is 5.48. The van der Waals surface area contributed by atoms with Gasteiger partial charge in [0.2, 0.25) is 0 Å². The molecule has 0 bridgehead atoms. The molecule has 33 heavy (non-hydrogen) atoms. The second-order valence-corrected chi connectivity index (χ2v) is 8.06. The minimum Gasteiger partial charge on any atom is -0.494 e. The second kappa shape index (κ2) is 13.4. The average Bonchev–Trinajstić information content (AvgIpc) is 2.86. The molecule has 2 aromatic carbocycles. The largest absolute Gasteiger partial charge is 0.494 e. The molecule has 0 saturated heterocycles. The second-order valence-electron chi connectivity index (χ2n) is 8.06. The quantitative estimate of drug-likeness (QED) is 0.180. The van der Waals surface area contributed by atoms with Crippen molar-refractivity contribution < 1.29 is 28.5 Å². The molecule has 1 aliphatic carbocycles. The van der Waals surface area contributed by atoms with Crippen LogP contribution in [0.3, 0.4) is 0 Å². The predicted molar refractivity (Wildman–Crippen MR) is 125 cm³/mol. The van der Waals surface area contributed by atoms with Crippen molar-refractivity contribution in [1.82, 2.24) is 0 Å². The number of ether oxygens (including phenoxy) is 4. The van der Waals surface area contributed by atoms with Crippen LogP contribution in [0.15, 0.2) is 61.2 Å². The molecule has 6 nitrogen and oxygen atoms in total. The van der Waals surface area contributed by atoms with Gasteiger partial charge in [-0.25, -0.2) is 9.59 Å². The molecule has 1 fully saturated rings. The molecule has 3 rings (SSSR count). The highest BCUT2D eigenvalue weighted by Gasteiger charge is 2.14. The van der Waals surface area contributed by atoms with Crippen molar-refractivity contribution in [3.8, 4) is 11.5 Å². The lowest BCUT2D eigenvalue weighted by Crippen LogP contribution is -2.16. The number of rotatable bonds is 12. The minimum atomic E-state index is -0.420. The third kappa shape index (κ3) is 8.73. The van der Waals surface area contributed by atoms with Gasteiger partial charge in [0, 0.05) is 6.08 Å². The number of unbranched alkanes of at least 4 members (excludes halogenated alkanes) is 1. The van der Waals surface area contributed by atoms with E-state index in [1.54, 1.807) is 36.4 Å². The van der Waals surface area contributed by atoms with Crippen LogP contribution in [0.25, 0.3) is 0 Å². The molecule has 0 unspecified atom stereocenters. The van der Waals surface area contributed by atoms with Crippen molar-refractivity contribution in [3.63, 3.8) is 0 Å². The zero-order valence-corrected chi connectivity index (χ0v) is 19.0. The van der Waals surface area contributed by atoms with Crippen molar-refractivity contribution in [2.45, 2.75) is 57.7 Å². The van der Waals surface area contributed by atoms with Crippen molar-refractivity contribution in [1.29, 1.82) is 0 Å². The SMILES string of the molecule is C=CC(=O)OCCCCOc1ccc(C(=O)Oc2ccc(COC3CCCCC3)cc2)cc1. The Bertz CT molecular complexity index is 882. The van der Waals surface area contributed by atoms with Crippen LogP contribution in [0.1, 0.15) is 60.9 Å². The van der Waals surface area contributed by atoms with Gasteiger partial charge >= 0.3 is 11.9 Å². The molecule has 176 valence electrons. The molecule has 1 saturated carbocycles. The Labute approximate surface area is 195 Å². The Morgan fingerprint density at radius 1 is 0.879 bits per heavy atom. The van der Waals surface area contributed by atoms with Crippen LogP contribution in [-0.4, -0.2) is 31.3 Å². The van der Waals surface area contributed by atoms with E-state index >= 15 is 0 Å². The first-order valence-corrected chi connectivity index (χ1v) is 11.6. The molecular weight excluding hydrogens is 420 g/mol. The van der Waals surface area contributed by atoms with Gasteiger partial charge in [-0.15, -0.1) is 0 Å². The molecule has 6 heteroatoms. The highest BCUT2D eigenvalue weighted by atomic mass is 16.5. The first-order chi connectivity index (χ1) is 16.1. The van der Waals surface area contributed by atoms with E-state index < -0.39 is 11.9 Å². The summed E-state index contributed by atoms with van der Waals surface area (Å²) in [6.07, 6.45) is 9.07. The normalized spacial score (nSPS) is 13.8. The van der Waals surface area contributed by atoms with E-state index in [-0.39, 0.29) is 0 Å². The van der Waals surface area contributed by atoms with Crippen LogP contribution in [0.5, 0.6) is 11.5 Å². The first kappa shape index (κ1) is 24.5. The van der Waals surface area contributed by atoms with Gasteiger partial charge in [0.05, 0.1) is 31.5 Å². The van der Waals surface area contributed by atoms with E-state index in [0.717, 1.165) is 30.9 Å². The molecule has 0 radical (unpaired) electrons. The predicted octanol–water partition coefficient (Wildman–Crippen LogP) is 5.64. The van der Waals surface area contributed by atoms with Gasteiger partial charge in [-0.3, -0.25) is 0 Å². The maximum absolute atomic E-state index is 12.4. The number of hydrogen-bond acceptors (Lipinski definition) is 6. The number of esters is 2. The van der Waals surface area contributed by atoms with Gasteiger partial charge in [-0.2, -0.15) is 0 Å². The van der Waals surface area contributed by atoms with Crippen LogP contribution >= 0.6 is 0 Å². The highest BCUT2D eigenvalue weighted by molar-refractivity contribution is 5.91. The standard InChI is InChI=1S/C27H32O6/c1-2-26(28)31-19-7-6-18-30-24-16-12-22(13-17-24)27(29)33-25-14-10-21(11-15-25)20-32-23-8-4-3-5-9-23/h2,10-17,23H,1,3-9,18-20H2. The molecule has 0 atom stereocenters. The Morgan fingerprint density at radius 3 is 2.24 bits per heavy atom. The summed E-state index contributed by atoms with van der Waals surface area (Å²) >= 11 is 0. The smallest absolute Gasteiger partial charge is 0.343 e. The summed E-state index contributed by atoms with van der Waals surface area (Å²) in [4.78, 5) is 23.4. The summed E-state index contributed by atoms with van der Waals surface area (Å²) in [5.41, 5.74) is 1.52. The van der Waals surface area contributed by atoms with Crippen molar-refractivity contribution in [2.75, 3.05) is 13.2 Å². The van der Waals surface area contributed by atoms with Gasteiger partial charge in [-0.05, 0) is 67.6 Å². The molecule has 0 heterocycles.